The van der Waals surface area contributed by atoms with E-state index >= 15 is 0 Å². The number of carbonyl (C=O) groups excluding carboxylic acids is 2. The molecule has 0 bridgehead atoms. The fourth-order valence-corrected chi connectivity index (χ4v) is 4.89. The molecule has 37 heavy (non-hydrogen) atoms. The van der Waals surface area contributed by atoms with Crippen LogP contribution in [0, 0.1) is 0 Å². The third-order valence-electron chi connectivity index (χ3n) is 7.02. The summed E-state index contributed by atoms with van der Waals surface area (Å²) in [5.74, 6) is 0.204. The first-order valence-electron chi connectivity index (χ1n) is 12.9. The first-order valence-corrected chi connectivity index (χ1v) is 12.9. The lowest BCUT2D eigenvalue weighted by atomic mass is 9.99. The normalized spacial score (nSPS) is 19.5. The van der Waals surface area contributed by atoms with Crippen LogP contribution in [0.2, 0.25) is 0 Å². The first kappa shape index (κ1) is 26.6. The molecule has 2 saturated heterocycles. The van der Waals surface area contributed by atoms with Crippen molar-refractivity contribution in [2.75, 3.05) is 63.2 Å². The zero-order valence-electron chi connectivity index (χ0n) is 21.8. The minimum Gasteiger partial charge on any atom is -0.467 e. The van der Waals surface area contributed by atoms with E-state index in [0.717, 1.165) is 17.7 Å². The Bertz CT molecular complexity index is 1110. The molecule has 2 amide bonds. The first-order chi connectivity index (χ1) is 17.9. The molecule has 0 radical (unpaired) electrons. The van der Waals surface area contributed by atoms with Gasteiger partial charge in [0, 0.05) is 37.9 Å². The van der Waals surface area contributed by atoms with Crippen molar-refractivity contribution in [2.45, 2.75) is 31.8 Å². The fourth-order valence-electron chi connectivity index (χ4n) is 4.89. The van der Waals surface area contributed by atoms with Crippen LogP contribution >= 0.6 is 0 Å². The highest BCUT2D eigenvalue weighted by Crippen LogP contribution is 2.31. The van der Waals surface area contributed by atoms with Gasteiger partial charge in [0.2, 0.25) is 5.91 Å². The summed E-state index contributed by atoms with van der Waals surface area (Å²) in [6, 6.07) is 9.55. The number of rotatable bonds is 4. The summed E-state index contributed by atoms with van der Waals surface area (Å²) in [6.45, 7) is 8.44. The van der Waals surface area contributed by atoms with Gasteiger partial charge in [0.15, 0.2) is 0 Å². The Morgan fingerprint density at radius 3 is 2.41 bits per heavy atom. The number of hydrogen-bond donors (Lipinski definition) is 1. The summed E-state index contributed by atoms with van der Waals surface area (Å²) in [4.78, 5) is 41.7. The number of fused-ring (bicyclic) bond motifs is 1. The maximum Gasteiger partial charge on any atom is 0.318 e. The molecular weight excluding hydrogens is 470 g/mol. The van der Waals surface area contributed by atoms with Crippen molar-refractivity contribution in [1.29, 1.82) is 0 Å². The SMILES string of the molecule is C=CC(=O)N1CCN(c2cc(C(=O)N3c4ccccc4CCC3N)nc(OC)n2)CC1.CN1CCCC1. The van der Waals surface area contributed by atoms with Gasteiger partial charge in [-0.2, -0.15) is 9.97 Å². The molecule has 0 saturated carbocycles. The quantitative estimate of drug-likeness (QED) is 0.626. The molecule has 1 unspecified atom stereocenters. The second kappa shape index (κ2) is 12.2. The Morgan fingerprint density at radius 2 is 1.78 bits per heavy atom. The minimum atomic E-state index is -0.430. The highest BCUT2D eigenvalue weighted by Gasteiger charge is 2.31. The van der Waals surface area contributed by atoms with E-state index in [9.17, 15) is 9.59 Å². The molecule has 4 heterocycles. The van der Waals surface area contributed by atoms with Crippen molar-refractivity contribution >= 4 is 23.3 Å². The Kier molecular flexibility index (Phi) is 8.73. The van der Waals surface area contributed by atoms with Crippen LogP contribution in [-0.4, -0.2) is 91.2 Å². The maximum atomic E-state index is 13.5. The van der Waals surface area contributed by atoms with Crippen LogP contribution < -0.4 is 20.3 Å². The number of nitrogens with zero attached hydrogens (tertiary/aromatic N) is 6. The van der Waals surface area contributed by atoms with Gasteiger partial charge in [0.05, 0.1) is 13.3 Å². The van der Waals surface area contributed by atoms with Crippen molar-refractivity contribution in [1.82, 2.24) is 19.8 Å². The lowest BCUT2D eigenvalue weighted by Gasteiger charge is -2.36. The van der Waals surface area contributed by atoms with Crippen LogP contribution in [0.25, 0.3) is 0 Å². The predicted molar refractivity (Wildman–Crippen MR) is 144 cm³/mol. The number of piperazine rings is 1. The van der Waals surface area contributed by atoms with Crippen molar-refractivity contribution in [3.8, 4) is 6.01 Å². The van der Waals surface area contributed by atoms with Crippen molar-refractivity contribution < 1.29 is 14.3 Å². The molecular formula is C27H37N7O3. The third-order valence-corrected chi connectivity index (χ3v) is 7.02. The number of anilines is 2. The average molecular weight is 508 g/mol. The number of aryl methyl sites for hydroxylation is 1. The number of methoxy groups -OCH3 is 1. The van der Waals surface area contributed by atoms with Crippen LogP contribution in [-0.2, 0) is 11.2 Å². The van der Waals surface area contributed by atoms with Gasteiger partial charge in [-0.25, -0.2) is 0 Å². The Hall–Kier alpha value is -3.50. The van der Waals surface area contributed by atoms with Crippen LogP contribution in [0.4, 0.5) is 11.5 Å². The number of carbonyl (C=O) groups is 2. The van der Waals surface area contributed by atoms with Crippen LogP contribution in [0.5, 0.6) is 6.01 Å². The van der Waals surface area contributed by atoms with E-state index in [1.165, 1.54) is 39.1 Å². The van der Waals surface area contributed by atoms with Crippen molar-refractivity contribution in [3.63, 3.8) is 0 Å². The standard InChI is InChI=1S/C22H26N6O3.C5H11N/c1-3-20(29)27-12-10-26(11-13-27)19-14-16(24-22(25-19)31-2)21(30)28-17-7-5-4-6-15(17)8-9-18(28)23;1-6-4-2-3-5-6/h3-7,14,18H,1,8-13,23H2,2H3;2-5H2,1H3. The zero-order chi connectivity index (χ0) is 26.4. The van der Waals surface area contributed by atoms with Gasteiger partial charge < -0.3 is 25.2 Å². The summed E-state index contributed by atoms with van der Waals surface area (Å²) < 4.78 is 5.27. The molecule has 2 N–H and O–H groups in total. The van der Waals surface area contributed by atoms with Crippen LogP contribution in [0.15, 0.2) is 43.0 Å². The van der Waals surface area contributed by atoms with Gasteiger partial charge in [-0.15, -0.1) is 0 Å². The number of para-hydroxylation sites is 1. The van der Waals surface area contributed by atoms with E-state index in [4.69, 9.17) is 10.5 Å². The summed E-state index contributed by atoms with van der Waals surface area (Å²) in [5, 5.41) is 0. The summed E-state index contributed by atoms with van der Waals surface area (Å²) in [5.41, 5.74) is 8.43. The highest BCUT2D eigenvalue weighted by molar-refractivity contribution is 6.06. The van der Waals surface area contributed by atoms with E-state index in [0.29, 0.717) is 38.4 Å². The molecule has 2 aromatic rings. The highest BCUT2D eigenvalue weighted by atomic mass is 16.5. The van der Waals surface area contributed by atoms with Crippen LogP contribution in [0.3, 0.4) is 0 Å². The van der Waals surface area contributed by atoms with Gasteiger partial charge in [0.1, 0.15) is 11.5 Å². The zero-order valence-corrected chi connectivity index (χ0v) is 21.8. The third kappa shape index (κ3) is 6.26. The van der Waals surface area contributed by atoms with E-state index in [1.807, 2.05) is 29.2 Å². The molecule has 5 rings (SSSR count). The number of ether oxygens (including phenoxy) is 1. The fraction of sp³-hybridized carbons (Fsp3) is 0.481. The molecule has 1 aromatic carbocycles. The van der Waals surface area contributed by atoms with Crippen LogP contribution in [0.1, 0.15) is 35.3 Å². The monoisotopic (exact) mass is 507 g/mol. The van der Waals surface area contributed by atoms with Gasteiger partial charge in [-0.3, -0.25) is 14.5 Å². The molecule has 10 heteroatoms. The van der Waals surface area contributed by atoms with Crippen molar-refractivity contribution in [2.24, 2.45) is 5.73 Å². The van der Waals surface area contributed by atoms with Gasteiger partial charge in [-0.1, -0.05) is 24.8 Å². The van der Waals surface area contributed by atoms with Gasteiger partial charge in [0.25, 0.3) is 5.91 Å². The lowest BCUT2D eigenvalue weighted by molar-refractivity contribution is -0.126. The molecule has 1 aromatic heterocycles. The average Bonchev–Trinajstić information content (AvgIpc) is 3.43. The molecule has 3 aliphatic rings. The predicted octanol–water partition coefficient (Wildman–Crippen LogP) is 1.91. The summed E-state index contributed by atoms with van der Waals surface area (Å²) in [7, 11) is 3.64. The van der Waals surface area contributed by atoms with E-state index < -0.39 is 6.17 Å². The number of hydrogen-bond acceptors (Lipinski definition) is 8. The molecule has 1 atom stereocenters. The summed E-state index contributed by atoms with van der Waals surface area (Å²) >= 11 is 0. The topological polar surface area (TPSA) is 108 Å². The number of amides is 2. The second-order valence-corrected chi connectivity index (χ2v) is 9.53. The van der Waals surface area contributed by atoms with Crippen molar-refractivity contribution in [3.05, 3.63) is 54.2 Å². The Labute approximate surface area is 218 Å². The maximum absolute atomic E-state index is 13.5. The molecule has 2 fully saturated rings. The molecule has 198 valence electrons. The lowest BCUT2D eigenvalue weighted by Crippen LogP contribution is -2.50. The Morgan fingerprint density at radius 1 is 1.08 bits per heavy atom. The molecule has 3 aliphatic heterocycles. The van der Waals surface area contributed by atoms with E-state index in [1.54, 1.807) is 15.9 Å². The van der Waals surface area contributed by atoms with E-state index in [-0.39, 0.29) is 23.5 Å². The number of benzene rings is 1. The molecule has 10 nitrogen and oxygen atoms in total. The van der Waals surface area contributed by atoms with E-state index in [2.05, 4.69) is 28.5 Å². The smallest absolute Gasteiger partial charge is 0.318 e. The summed E-state index contributed by atoms with van der Waals surface area (Å²) in [6.07, 6.45) is 5.22. The van der Waals surface area contributed by atoms with Gasteiger partial charge >= 0.3 is 6.01 Å². The number of likely N-dealkylation sites (tertiary alicyclic amines) is 1. The Balaban J connectivity index is 0.000000469. The largest absolute Gasteiger partial charge is 0.467 e. The van der Waals surface area contributed by atoms with Gasteiger partial charge in [-0.05, 0) is 63.5 Å². The molecule has 0 spiro atoms. The number of aromatic nitrogens is 2. The molecule has 0 aliphatic carbocycles. The minimum absolute atomic E-state index is 0.0893. The second-order valence-electron chi connectivity index (χ2n) is 9.53. The number of nitrogens with two attached hydrogens (primary N) is 1.